The number of hydrogen-bond acceptors (Lipinski definition) is 2. The number of hydrogen-bond donors (Lipinski definition) is 0. The predicted octanol–water partition coefficient (Wildman–Crippen LogP) is 5.17. The Balaban J connectivity index is 1.93. The molecule has 4 aromatic carbocycles. The van der Waals surface area contributed by atoms with Crippen LogP contribution in [0.25, 0.3) is 10.8 Å². The molecular weight excluding hydrogens is 360 g/mol. The molecule has 0 aliphatic carbocycles. The highest BCUT2D eigenvalue weighted by Crippen LogP contribution is 2.32. The Morgan fingerprint density at radius 1 is 0.462 bits per heavy atom. The molecule has 0 aliphatic heterocycles. The summed E-state index contributed by atoms with van der Waals surface area (Å²) in [6, 6.07) is 30.2. The van der Waals surface area contributed by atoms with Gasteiger partial charge < -0.3 is 0 Å². The molecule has 4 aromatic rings. The van der Waals surface area contributed by atoms with E-state index in [1.165, 1.54) is 0 Å². The third-order valence-electron chi connectivity index (χ3n) is 4.14. The van der Waals surface area contributed by atoms with E-state index >= 15 is 0 Å². The molecule has 26 heavy (non-hydrogen) atoms. The smallest absolute Gasteiger partial charge is 0.0856 e. The minimum Gasteiger partial charge on any atom is -0.249 e. The molecule has 0 amide bonds. The van der Waals surface area contributed by atoms with Crippen LogP contribution in [0.1, 0.15) is 0 Å². The van der Waals surface area contributed by atoms with Gasteiger partial charge in [-0.2, -0.15) is 0 Å². The number of benzene rings is 4. The highest BCUT2D eigenvalue weighted by Gasteiger charge is 2.17. The van der Waals surface area contributed by atoms with Crippen LogP contribution in [0.15, 0.2) is 117 Å². The topological polar surface area (TPSA) is 34.1 Å². The van der Waals surface area contributed by atoms with Crippen molar-refractivity contribution in [3.8, 4) is 0 Å². The molecule has 0 aromatic heterocycles. The van der Waals surface area contributed by atoms with Crippen LogP contribution >= 0.6 is 0 Å². The lowest BCUT2D eigenvalue weighted by Crippen LogP contribution is -1.99. The highest BCUT2D eigenvalue weighted by atomic mass is 32.2. The van der Waals surface area contributed by atoms with Gasteiger partial charge in [-0.25, -0.2) is 8.42 Å². The molecule has 0 heterocycles. The number of rotatable bonds is 4. The van der Waals surface area contributed by atoms with Crippen molar-refractivity contribution in [2.75, 3.05) is 0 Å². The van der Waals surface area contributed by atoms with Crippen LogP contribution in [-0.4, -0.2) is 8.42 Å². The fraction of sp³-hybridized carbons (Fsp3) is 0. The van der Waals surface area contributed by atoms with Crippen molar-refractivity contribution in [2.24, 2.45) is 0 Å². The highest BCUT2D eigenvalue weighted by molar-refractivity contribution is 7.86. The first-order chi connectivity index (χ1) is 12.8. The van der Waals surface area contributed by atoms with Crippen molar-refractivity contribution >= 4 is 32.4 Å². The maximum absolute atomic E-state index is 13.2. The molecule has 2 unspecified atom stereocenters. The average Bonchev–Trinajstić information content (AvgIpc) is 2.73. The van der Waals surface area contributed by atoms with Gasteiger partial charge in [0.05, 0.1) is 31.4 Å². The van der Waals surface area contributed by atoms with Gasteiger partial charge in [-0.05, 0) is 41.8 Å². The maximum atomic E-state index is 13.2. The molecule has 0 bridgehead atoms. The molecule has 2 nitrogen and oxygen atoms in total. The Labute approximate surface area is 157 Å². The van der Waals surface area contributed by atoms with E-state index in [1.54, 1.807) is 0 Å². The van der Waals surface area contributed by atoms with Gasteiger partial charge in [-0.3, -0.25) is 0 Å². The summed E-state index contributed by atoms with van der Waals surface area (Å²) in [5.41, 5.74) is 0. The molecule has 4 rings (SSSR count). The van der Waals surface area contributed by atoms with Crippen LogP contribution in [-0.2, 0) is 21.6 Å². The van der Waals surface area contributed by atoms with E-state index in [2.05, 4.69) is 0 Å². The zero-order valence-corrected chi connectivity index (χ0v) is 15.5. The van der Waals surface area contributed by atoms with Gasteiger partial charge in [-0.1, -0.05) is 60.7 Å². The zero-order valence-electron chi connectivity index (χ0n) is 13.9. The Morgan fingerprint density at radius 3 is 1.31 bits per heavy atom. The van der Waals surface area contributed by atoms with Gasteiger partial charge >= 0.3 is 0 Å². The fourth-order valence-electron chi connectivity index (χ4n) is 2.92. The first-order valence-corrected chi connectivity index (χ1v) is 10.5. The minimum atomic E-state index is -1.34. The van der Waals surface area contributed by atoms with Crippen LogP contribution in [0, 0.1) is 0 Å². The first-order valence-electron chi connectivity index (χ1n) is 8.21. The molecule has 0 spiro atoms. The quantitative estimate of drug-likeness (QED) is 0.492. The monoisotopic (exact) mass is 376 g/mol. The molecule has 0 saturated carbocycles. The second kappa shape index (κ2) is 7.36. The lowest BCUT2D eigenvalue weighted by molar-refractivity contribution is 0.683. The molecule has 128 valence electrons. The summed E-state index contributed by atoms with van der Waals surface area (Å²) in [6.07, 6.45) is 0. The Hall–Kier alpha value is -2.56. The second-order valence-electron chi connectivity index (χ2n) is 5.77. The largest absolute Gasteiger partial charge is 0.249 e. The minimum absolute atomic E-state index is 0.689. The van der Waals surface area contributed by atoms with Crippen LogP contribution in [0.3, 0.4) is 0 Å². The lowest BCUT2D eigenvalue weighted by atomic mass is 10.1. The van der Waals surface area contributed by atoms with Gasteiger partial charge in [0.1, 0.15) is 0 Å². The van der Waals surface area contributed by atoms with Crippen molar-refractivity contribution in [3.05, 3.63) is 97.1 Å². The van der Waals surface area contributed by atoms with Gasteiger partial charge in [-0.15, -0.1) is 0 Å². The number of fused-ring (bicyclic) bond motifs is 1. The molecule has 2 atom stereocenters. The Bertz CT molecular complexity index is 1020. The molecule has 0 saturated heterocycles. The van der Waals surface area contributed by atoms with Gasteiger partial charge in [0.25, 0.3) is 0 Å². The summed E-state index contributed by atoms with van der Waals surface area (Å²) in [6.45, 7) is 0. The summed E-state index contributed by atoms with van der Waals surface area (Å²) in [7, 11) is -2.68. The summed E-state index contributed by atoms with van der Waals surface area (Å²) < 4.78 is 26.4. The van der Waals surface area contributed by atoms with Gasteiger partial charge in [0, 0.05) is 15.2 Å². The second-order valence-corrected chi connectivity index (χ2v) is 8.67. The third-order valence-corrected chi connectivity index (χ3v) is 7.02. The Kier molecular flexibility index (Phi) is 4.78. The molecule has 0 aliphatic rings. The van der Waals surface area contributed by atoms with Gasteiger partial charge in [0.15, 0.2) is 0 Å². The van der Waals surface area contributed by atoms with Crippen molar-refractivity contribution in [3.63, 3.8) is 0 Å². The maximum Gasteiger partial charge on any atom is 0.0856 e. The summed E-state index contributed by atoms with van der Waals surface area (Å²) in [4.78, 5) is 2.85. The molecule has 4 heteroatoms. The van der Waals surface area contributed by atoms with E-state index in [4.69, 9.17) is 0 Å². The fourth-order valence-corrected chi connectivity index (χ4v) is 5.54. The lowest BCUT2D eigenvalue weighted by Gasteiger charge is -2.12. The predicted molar refractivity (Wildman–Crippen MR) is 106 cm³/mol. The zero-order chi connectivity index (χ0) is 17.9. The van der Waals surface area contributed by atoms with Crippen molar-refractivity contribution < 1.29 is 8.42 Å². The normalized spacial score (nSPS) is 13.4. The van der Waals surface area contributed by atoms with E-state index in [0.29, 0.717) is 9.79 Å². The van der Waals surface area contributed by atoms with Crippen LogP contribution in [0.2, 0.25) is 0 Å². The van der Waals surface area contributed by atoms with Crippen molar-refractivity contribution in [1.82, 2.24) is 0 Å². The summed E-state index contributed by atoms with van der Waals surface area (Å²) in [5, 5.41) is 1.74. The molecular formula is C22H16O2S2. The third kappa shape index (κ3) is 3.14. The van der Waals surface area contributed by atoms with Gasteiger partial charge in [0.2, 0.25) is 0 Å². The first kappa shape index (κ1) is 16.9. The summed E-state index contributed by atoms with van der Waals surface area (Å²) >= 11 is 0. The van der Waals surface area contributed by atoms with Crippen LogP contribution < -0.4 is 0 Å². The molecule has 0 N–H and O–H groups in total. The van der Waals surface area contributed by atoms with E-state index < -0.39 is 21.6 Å². The van der Waals surface area contributed by atoms with E-state index in [-0.39, 0.29) is 0 Å². The standard InChI is InChI=1S/C22H16O2S2/c23-25(18-11-3-1-4-12-18)20-15-7-9-17-10-8-16-21(22(17)20)26(24)19-13-5-2-6-14-19/h1-16H. The average molecular weight is 377 g/mol. The molecule has 0 radical (unpaired) electrons. The summed E-state index contributed by atoms with van der Waals surface area (Å²) in [5.74, 6) is 0. The van der Waals surface area contributed by atoms with E-state index in [1.807, 2.05) is 97.1 Å². The van der Waals surface area contributed by atoms with E-state index in [0.717, 1.165) is 20.6 Å². The van der Waals surface area contributed by atoms with E-state index in [9.17, 15) is 8.42 Å². The molecule has 0 fully saturated rings. The van der Waals surface area contributed by atoms with Crippen LogP contribution in [0.5, 0.6) is 0 Å². The van der Waals surface area contributed by atoms with Crippen molar-refractivity contribution in [1.29, 1.82) is 0 Å². The SMILES string of the molecule is O=S(c1ccccc1)c1cccc2cccc(S(=O)c3ccccc3)c12. The Morgan fingerprint density at radius 2 is 0.885 bits per heavy atom. The van der Waals surface area contributed by atoms with Crippen molar-refractivity contribution in [2.45, 2.75) is 19.6 Å². The van der Waals surface area contributed by atoms with Crippen LogP contribution in [0.4, 0.5) is 0 Å².